The predicted octanol–water partition coefficient (Wildman–Crippen LogP) is 7.74. The number of unbranched alkanes of at least 4 members (excludes halogenated alkanes) is 5. The van der Waals surface area contributed by atoms with Gasteiger partial charge in [-0.1, -0.05) is 97.1 Å². The fourth-order valence-corrected chi connectivity index (χ4v) is 3.23. The van der Waals surface area contributed by atoms with Crippen molar-refractivity contribution in [3.05, 3.63) is 42.5 Å². The second kappa shape index (κ2) is 18.7. The molecule has 0 spiro atoms. The van der Waals surface area contributed by atoms with Gasteiger partial charge in [0.15, 0.2) is 0 Å². The van der Waals surface area contributed by atoms with Crippen molar-refractivity contribution in [1.82, 2.24) is 0 Å². The molecule has 0 saturated carbocycles. The van der Waals surface area contributed by atoms with E-state index in [4.69, 9.17) is 14.2 Å². The molecule has 0 heterocycles. The fraction of sp³-hybridized carbons (Fsp3) is 0.600. The number of hydrogen-bond acceptors (Lipinski definition) is 5. The number of hydrogen-bond donors (Lipinski definition) is 0. The average Bonchev–Trinajstić information content (AvgIpc) is 2.89. The smallest absolute Gasteiger partial charge is 0.308 e. The normalized spacial score (nSPS) is 12.3. The Balaban J connectivity index is 0.000000367. The number of carbonyl (C=O) groups excluding carboxylic acids is 2. The first-order chi connectivity index (χ1) is 16.9. The first kappa shape index (κ1) is 30.5. The van der Waals surface area contributed by atoms with Gasteiger partial charge in [-0.15, -0.1) is 0 Å². The van der Waals surface area contributed by atoms with Crippen molar-refractivity contribution in [2.75, 3.05) is 19.8 Å². The predicted molar refractivity (Wildman–Crippen MR) is 144 cm³/mol. The van der Waals surface area contributed by atoms with Gasteiger partial charge >= 0.3 is 11.9 Å². The Morgan fingerprint density at radius 1 is 0.686 bits per heavy atom. The maximum Gasteiger partial charge on any atom is 0.308 e. The zero-order valence-corrected chi connectivity index (χ0v) is 22.5. The van der Waals surface area contributed by atoms with E-state index in [1.807, 2.05) is 64.1 Å². The summed E-state index contributed by atoms with van der Waals surface area (Å²) < 4.78 is 15.9. The van der Waals surface area contributed by atoms with E-state index in [9.17, 15) is 9.59 Å². The summed E-state index contributed by atoms with van der Waals surface area (Å²) in [5.41, 5.74) is 0. The van der Waals surface area contributed by atoms with Gasteiger partial charge in [-0.3, -0.25) is 9.59 Å². The van der Waals surface area contributed by atoms with Crippen molar-refractivity contribution in [2.45, 2.75) is 86.0 Å². The minimum absolute atomic E-state index is 0.0361. The molecular formula is C30H46O5. The molecule has 0 aliphatic rings. The molecule has 0 bridgehead atoms. The van der Waals surface area contributed by atoms with Gasteiger partial charge in [-0.25, -0.2) is 0 Å². The van der Waals surface area contributed by atoms with E-state index < -0.39 is 0 Å². The summed E-state index contributed by atoms with van der Waals surface area (Å²) in [5, 5.41) is 2.32. The van der Waals surface area contributed by atoms with Crippen LogP contribution >= 0.6 is 0 Å². The lowest BCUT2D eigenvalue weighted by Crippen LogP contribution is -2.17. The maximum atomic E-state index is 11.5. The van der Waals surface area contributed by atoms with Gasteiger partial charge in [0.2, 0.25) is 0 Å². The highest BCUT2D eigenvalue weighted by Crippen LogP contribution is 2.20. The van der Waals surface area contributed by atoms with E-state index in [2.05, 4.69) is 13.0 Å². The van der Waals surface area contributed by atoms with Crippen molar-refractivity contribution >= 4 is 22.7 Å². The highest BCUT2D eigenvalue weighted by Gasteiger charge is 2.12. The monoisotopic (exact) mass is 486 g/mol. The first-order valence-electron chi connectivity index (χ1n) is 13.4. The van der Waals surface area contributed by atoms with Gasteiger partial charge in [0.1, 0.15) is 19.0 Å². The van der Waals surface area contributed by atoms with Crippen LogP contribution in [0.15, 0.2) is 42.5 Å². The van der Waals surface area contributed by atoms with Crippen molar-refractivity contribution in [3.8, 4) is 5.75 Å². The molecule has 0 amide bonds. The van der Waals surface area contributed by atoms with E-state index in [-0.39, 0.29) is 30.4 Å². The highest BCUT2D eigenvalue weighted by molar-refractivity contribution is 5.83. The zero-order valence-electron chi connectivity index (χ0n) is 22.5. The molecule has 0 radical (unpaired) electrons. The minimum atomic E-state index is -0.158. The molecule has 0 saturated heterocycles. The summed E-state index contributed by atoms with van der Waals surface area (Å²) in [5.74, 6) is 0.615. The van der Waals surface area contributed by atoms with Crippen molar-refractivity contribution in [1.29, 1.82) is 0 Å². The van der Waals surface area contributed by atoms with Crippen LogP contribution in [0.4, 0.5) is 0 Å². The van der Waals surface area contributed by atoms with Crippen LogP contribution in [0.3, 0.4) is 0 Å². The third-order valence-corrected chi connectivity index (χ3v) is 6.09. The molecule has 2 unspecified atom stereocenters. The van der Waals surface area contributed by atoms with Crippen molar-refractivity contribution in [2.24, 2.45) is 11.8 Å². The van der Waals surface area contributed by atoms with Crippen LogP contribution in [0, 0.1) is 11.8 Å². The van der Waals surface area contributed by atoms with E-state index >= 15 is 0 Å². The lowest BCUT2D eigenvalue weighted by atomic mass is 10.1. The second-order valence-electron chi connectivity index (χ2n) is 9.08. The largest absolute Gasteiger partial charge is 0.490 e. The third-order valence-electron chi connectivity index (χ3n) is 6.09. The summed E-state index contributed by atoms with van der Waals surface area (Å²) in [4.78, 5) is 22.8. The number of carbonyl (C=O) groups is 2. The summed E-state index contributed by atoms with van der Waals surface area (Å²) >= 11 is 0. The molecule has 0 fully saturated rings. The van der Waals surface area contributed by atoms with Gasteiger partial charge in [0, 0.05) is 0 Å². The quantitative estimate of drug-likeness (QED) is 0.190. The summed E-state index contributed by atoms with van der Waals surface area (Å²) in [7, 11) is 0. The third kappa shape index (κ3) is 13.2. The van der Waals surface area contributed by atoms with Gasteiger partial charge in [0.05, 0.1) is 18.4 Å². The van der Waals surface area contributed by atoms with Gasteiger partial charge in [-0.2, -0.15) is 0 Å². The van der Waals surface area contributed by atoms with E-state index in [0.717, 1.165) is 30.4 Å². The van der Waals surface area contributed by atoms with Crippen LogP contribution in [0.5, 0.6) is 5.75 Å². The topological polar surface area (TPSA) is 61.8 Å². The number of esters is 2. The van der Waals surface area contributed by atoms with Gasteiger partial charge < -0.3 is 14.2 Å². The molecule has 2 aromatic rings. The van der Waals surface area contributed by atoms with Crippen molar-refractivity contribution in [3.63, 3.8) is 0 Å². The standard InChI is InChI=1S/C17H20O3.C13H26O2/c1-3-13(2)17(18)20-11-10-19-16-9-8-14-6-4-5-7-15(14)12-16;1-4-6-7-8-9-10-11-15-13(14)12(3)5-2/h4-9,12-13H,3,10-11H2,1-2H3;12H,4-11H2,1-3H3. The molecule has 0 aromatic heterocycles. The number of fused-ring (bicyclic) bond motifs is 1. The molecule has 2 atom stereocenters. The SMILES string of the molecule is CCC(C)C(=O)OCCOc1ccc2ccccc2c1.CCCCCCCCOC(=O)C(C)CC. The van der Waals surface area contributed by atoms with Gasteiger partial charge in [-0.05, 0) is 42.2 Å². The molecule has 5 nitrogen and oxygen atoms in total. The molecule has 5 heteroatoms. The molecule has 0 aliphatic heterocycles. The van der Waals surface area contributed by atoms with Crippen LogP contribution in [0.1, 0.15) is 86.0 Å². The van der Waals surface area contributed by atoms with Gasteiger partial charge in [0.25, 0.3) is 0 Å². The van der Waals surface area contributed by atoms with E-state index in [0.29, 0.717) is 13.2 Å². The molecule has 0 N–H and O–H groups in total. The Morgan fingerprint density at radius 3 is 1.89 bits per heavy atom. The maximum absolute atomic E-state index is 11.5. The van der Waals surface area contributed by atoms with Crippen LogP contribution in [-0.4, -0.2) is 31.8 Å². The molecule has 0 aliphatic carbocycles. The fourth-order valence-electron chi connectivity index (χ4n) is 3.23. The lowest BCUT2D eigenvalue weighted by Gasteiger charge is -2.10. The Kier molecular flexibility index (Phi) is 16.3. The number of rotatable bonds is 15. The van der Waals surface area contributed by atoms with Crippen molar-refractivity contribution < 1.29 is 23.8 Å². The second-order valence-corrected chi connectivity index (χ2v) is 9.08. The van der Waals surface area contributed by atoms with Crippen LogP contribution in [0.2, 0.25) is 0 Å². The summed E-state index contributed by atoms with van der Waals surface area (Å²) in [6.07, 6.45) is 9.07. The minimum Gasteiger partial charge on any atom is -0.490 e. The summed E-state index contributed by atoms with van der Waals surface area (Å²) in [6.45, 7) is 11.3. The highest BCUT2D eigenvalue weighted by atomic mass is 16.6. The average molecular weight is 487 g/mol. The molecule has 35 heavy (non-hydrogen) atoms. The Bertz CT molecular complexity index is 848. The first-order valence-corrected chi connectivity index (χ1v) is 13.4. The van der Waals surface area contributed by atoms with Crippen LogP contribution in [-0.2, 0) is 19.1 Å². The molecular weight excluding hydrogens is 440 g/mol. The Hall–Kier alpha value is -2.56. The zero-order chi connectivity index (χ0) is 25.9. The molecule has 196 valence electrons. The number of ether oxygens (including phenoxy) is 3. The lowest BCUT2D eigenvalue weighted by molar-refractivity contribution is -0.149. The molecule has 2 rings (SSSR count). The number of benzene rings is 2. The van der Waals surface area contributed by atoms with Crippen LogP contribution in [0.25, 0.3) is 10.8 Å². The Morgan fingerprint density at radius 2 is 1.26 bits per heavy atom. The van der Waals surface area contributed by atoms with E-state index in [1.165, 1.54) is 37.5 Å². The van der Waals surface area contributed by atoms with E-state index in [1.54, 1.807) is 0 Å². The molecule has 2 aromatic carbocycles. The van der Waals surface area contributed by atoms with Crippen LogP contribution < -0.4 is 4.74 Å². The Labute approximate surface area is 212 Å². The summed E-state index contributed by atoms with van der Waals surface area (Å²) in [6, 6.07) is 14.1.